The van der Waals surface area contributed by atoms with Gasteiger partial charge >= 0.3 is 6.18 Å². The Bertz CT molecular complexity index is 590. The van der Waals surface area contributed by atoms with Crippen molar-refractivity contribution in [2.75, 3.05) is 0 Å². The molecule has 0 heterocycles. The van der Waals surface area contributed by atoms with E-state index >= 15 is 0 Å². The lowest BCUT2D eigenvalue weighted by molar-refractivity contribution is -0.149. The molecule has 2 rings (SSSR count). The SMILES string of the molecule is CCCCc1cc([C@H](N)C(F)(F)F)cc2ccccc12. The van der Waals surface area contributed by atoms with Gasteiger partial charge in [-0.15, -0.1) is 0 Å². The van der Waals surface area contributed by atoms with E-state index in [4.69, 9.17) is 5.73 Å². The number of hydrogen-bond acceptors (Lipinski definition) is 1. The predicted octanol–water partition coefficient (Wildman–Crippen LogP) is 4.74. The molecule has 0 aliphatic carbocycles. The van der Waals surface area contributed by atoms with Crippen LogP contribution in [0.1, 0.15) is 36.9 Å². The van der Waals surface area contributed by atoms with Crippen molar-refractivity contribution in [2.24, 2.45) is 5.73 Å². The molecule has 1 nitrogen and oxygen atoms in total. The minimum atomic E-state index is -4.41. The maximum atomic E-state index is 12.8. The Morgan fingerprint density at radius 2 is 1.85 bits per heavy atom. The number of hydrogen-bond donors (Lipinski definition) is 1. The number of fused-ring (bicyclic) bond motifs is 1. The van der Waals surface area contributed by atoms with E-state index in [9.17, 15) is 13.2 Å². The third-order valence-corrected chi connectivity index (χ3v) is 3.48. The normalized spacial score (nSPS) is 13.7. The van der Waals surface area contributed by atoms with Crippen LogP contribution in [-0.4, -0.2) is 6.18 Å². The van der Waals surface area contributed by atoms with Crippen LogP contribution >= 0.6 is 0 Å². The van der Waals surface area contributed by atoms with Crippen molar-refractivity contribution in [1.82, 2.24) is 0 Å². The van der Waals surface area contributed by atoms with Gasteiger partial charge in [0, 0.05) is 0 Å². The average Bonchev–Trinajstić information content (AvgIpc) is 2.42. The fourth-order valence-corrected chi connectivity index (χ4v) is 2.36. The number of unbranched alkanes of at least 4 members (excludes halogenated alkanes) is 1. The predicted molar refractivity (Wildman–Crippen MR) is 75.5 cm³/mol. The van der Waals surface area contributed by atoms with Gasteiger partial charge in [0.2, 0.25) is 0 Å². The molecule has 0 aliphatic rings. The fraction of sp³-hybridized carbons (Fsp3) is 0.375. The van der Waals surface area contributed by atoms with Crippen LogP contribution in [0.5, 0.6) is 0 Å². The van der Waals surface area contributed by atoms with Gasteiger partial charge in [0.1, 0.15) is 6.04 Å². The van der Waals surface area contributed by atoms with Crippen molar-refractivity contribution < 1.29 is 13.2 Å². The van der Waals surface area contributed by atoms with E-state index in [1.54, 1.807) is 12.1 Å². The average molecular weight is 281 g/mol. The third-order valence-electron chi connectivity index (χ3n) is 3.48. The van der Waals surface area contributed by atoms with Crippen LogP contribution in [-0.2, 0) is 6.42 Å². The van der Waals surface area contributed by atoms with Gasteiger partial charge in [-0.3, -0.25) is 0 Å². The van der Waals surface area contributed by atoms with Crippen molar-refractivity contribution in [2.45, 2.75) is 38.4 Å². The highest BCUT2D eigenvalue weighted by Gasteiger charge is 2.38. The zero-order chi connectivity index (χ0) is 14.8. The minimum Gasteiger partial charge on any atom is -0.316 e. The van der Waals surface area contributed by atoms with E-state index in [1.165, 1.54) is 0 Å². The summed E-state index contributed by atoms with van der Waals surface area (Å²) in [6, 6.07) is 8.74. The maximum Gasteiger partial charge on any atom is 0.407 e. The second-order valence-electron chi connectivity index (χ2n) is 5.02. The van der Waals surface area contributed by atoms with E-state index in [2.05, 4.69) is 6.92 Å². The molecule has 0 aliphatic heterocycles. The molecule has 0 amide bonds. The van der Waals surface area contributed by atoms with Crippen molar-refractivity contribution in [1.29, 1.82) is 0 Å². The summed E-state index contributed by atoms with van der Waals surface area (Å²) in [6.07, 6.45) is -1.68. The lowest BCUT2D eigenvalue weighted by Crippen LogP contribution is -2.28. The first-order valence-corrected chi connectivity index (χ1v) is 6.77. The molecule has 4 heteroatoms. The summed E-state index contributed by atoms with van der Waals surface area (Å²) in [5.74, 6) is 0. The van der Waals surface area contributed by atoms with Gasteiger partial charge in [0.05, 0.1) is 0 Å². The fourth-order valence-electron chi connectivity index (χ4n) is 2.36. The lowest BCUT2D eigenvalue weighted by atomic mass is 9.94. The van der Waals surface area contributed by atoms with E-state index in [0.717, 1.165) is 35.6 Å². The highest BCUT2D eigenvalue weighted by Crippen LogP contribution is 2.33. The molecule has 0 saturated heterocycles. The Morgan fingerprint density at radius 1 is 1.15 bits per heavy atom. The first kappa shape index (κ1) is 14.9. The van der Waals surface area contributed by atoms with Gasteiger partial charge in [-0.05, 0) is 40.8 Å². The molecule has 0 fully saturated rings. The number of alkyl halides is 3. The summed E-state index contributed by atoms with van der Waals surface area (Å²) in [5.41, 5.74) is 6.42. The third kappa shape index (κ3) is 3.12. The molecule has 20 heavy (non-hydrogen) atoms. The van der Waals surface area contributed by atoms with Gasteiger partial charge in [0.15, 0.2) is 0 Å². The second kappa shape index (κ2) is 5.83. The first-order valence-electron chi connectivity index (χ1n) is 6.77. The zero-order valence-electron chi connectivity index (χ0n) is 11.4. The van der Waals surface area contributed by atoms with Crippen LogP contribution in [0.4, 0.5) is 13.2 Å². The first-order chi connectivity index (χ1) is 9.43. The molecule has 0 aromatic heterocycles. The molecule has 0 unspecified atom stereocenters. The summed E-state index contributed by atoms with van der Waals surface area (Å²) < 4.78 is 38.4. The number of benzene rings is 2. The molecule has 0 radical (unpaired) electrons. The van der Waals surface area contributed by atoms with Crippen LogP contribution in [0.15, 0.2) is 36.4 Å². The number of nitrogens with two attached hydrogens (primary N) is 1. The minimum absolute atomic E-state index is 0.141. The topological polar surface area (TPSA) is 26.0 Å². The summed E-state index contributed by atoms with van der Waals surface area (Å²) in [6.45, 7) is 2.06. The van der Waals surface area contributed by atoms with Crippen LogP contribution in [0, 0.1) is 0 Å². The van der Waals surface area contributed by atoms with Crippen molar-refractivity contribution in [3.05, 3.63) is 47.5 Å². The Balaban J connectivity index is 2.52. The molecule has 0 bridgehead atoms. The number of aryl methyl sites for hydroxylation is 1. The summed E-state index contributed by atoms with van der Waals surface area (Å²) >= 11 is 0. The van der Waals surface area contributed by atoms with Gasteiger partial charge in [-0.2, -0.15) is 13.2 Å². The van der Waals surface area contributed by atoms with Gasteiger partial charge in [-0.1, -0.05) is 43.7 Å². The Labute approximate surface area is 116 Å². The van der Waals surface area contributed by atoms with E-state index in [1.807, 2.05) is 24.3 Å². The second-order valence-corrected chi connectivity index (χ2v) is 5.02. The van der Waals surface area contributed by atoms with Crippen LogP contribution < -0.4 is 5.73 Å². The van der Waals surface area contributed by atoms with E-state index in [-0.39, 0.29) is 5.56 Å². The smallest absolute Gasteiger partial charge is 0.316 e. The van der Waals surface area contributed by atoms with E-state index < -0.39 is 12.2 Å². The van der Waals surface area contributed by atoms with Gasteiger partial charge in [-0.25, -0.2) is 0 Å². The van der Waals surface area contributed by atoms with Crippen LogP contribution in [0.25, 0.3) is 10.8 Å². The molecule has 1 atom stereocenters. The van der Waals surface area contributed by atoms with Crippen LogP contribution in [0.2, 0.25) is 0 Å². The summed E-state index contributed by atoms with van der Waals surface area (Å²) in [5, 5.41) is 1.83. The standard InChI is InChI=1S/C16H18F3N/c1-2-3-6-11-9-13(15(20)16(17,18)19)10-12-7-4-5-8-14(11)12/h4-5,7-10,15H,2-3,6,20H2,1H3/t15-/m0/s1. The van der Waals surface area contributed by atoms with Crippen molar-refractivity contribution in [3.8, 4) is 0 Å². The molecule has 0 saturated carbocycles. The maximum absolute atomic E-state index is 12.8. The van der Waals surface area contributed by atoms with Crippen molar-refractivity contribution in [3.63, 3.8) is 0 Å². The van der Waals surface area contributed by atoms with E-state index in [0.29, 0.717) is 0 Å². The van der Waals surface area contributed by atoms with Gasteiger partial charge < -0.3 is 5.73 Å². The monoisotopic (exact) mass is 281 g/mol. The highest BCUT2D eigenvalue weighted by atomic mass is 19.4. The molecule has 0 spiro atoms. The zero-order valence-corrected chi connectivity index (χ0v) is 11.4. The Hall–Kier alpha value is -1.55. The van der Waals surface area contributed by atoms with Crippen LogP contribution in [0.3, 0.4) is 0 Å². The molecule has 108 valence electrons. The summed E-state index contributed by atoms with van der Waals surface area (Å²) in [4.78, 5) is 0. The summed E-state index contributed by atoms with van der Waals surface area (Å²) in [7, 11) is 0. The number of halogens is 3. The van der Waals surface area contributed by atoms with Crippen molar-refractivity contribution >= 4 is 10.8 Å². The quantitative estimate of drug-likeness (QED) is 0.860. The molecule has 2 N–H and O–H groups in total. The number of rotatable bonds is 4. The largest absolute Gasteiger partial charge is 0.407 e. The Kier molecular flexibility index (Phi) is 4.33. The molecular weight excluding hydrogens is 263 g/mol. The van der Waals surface area contributed by atoms with Gasteiger partial charge in [0.25, 0.3) is 0 Å². The lowest BCUT2D eigenvalue weighted by Gasteiger charge is -2.18. The molecule has 2 aromatic carbocycles. The Morgan fingerprint density at radius 3 is 2.50 bits per heavy atom. The highest BCUT2D eigenvalue weighted by molar-refractivity contribution is 5.86. The molecular formula is C16H18F3N. The molecule has 2 aromatic rings.